The third-order valence-corrected chi connectivity index (χ3v) is 2.82. The SMILES string of the molecule is COC(=O)c1cc([N+](=O)[O-])cc(F)c1Nc1ccccc1F. The molecule has 0 unspecified atom stereocenters. The molecule has 0 radical (unpaired) electrons. The second-order valence-corrected chi connectivity index (χ2v) is 4.20. The van der Waals surface area contributed by atoms with Crippen molar-refractivity contribution in [2.45, 2.75) is 0 Å². The number of anilines is 2. The number of nitrogens with one attached hydrogen (secondary N) is 1. The molecule has 0 bridgehead atoms. The molecule has 8 heteroatoms. The Kier molecular flexibility index (Phi) is 4.31. The number of ether oxygens (including phenoxy) is 1. The smallest absolute Gasteiger partial charge is 0.340 e. The topological polar surface area (TPSA) is 81.5 Å². The molecular formula is C14H10F2N2O4. The number of carbonyl (C=O) groups is 1. The highest BCUT2D eigenvalue weighted by Crippen LogP contribution is 2.30. The van der Waals surface area contributed by atoms with E-state index in [-0.39, 0.29) is 5.69 Å². The molecular weight excluding hydrogens is 298 g/mol. The minimum Gasteiger partial charge on any atom is -0.465 e. The Morgan fingerprint density at radius 3 is 2.50 bits per heavy atom. The van der Waals surface area contributed by atoms with Crippen LogP contribution in [-0.4, -0.2) is 18.0 Å². The summed E-state index contributed by atoms with van der Waals surface area (Å²) in [5, 5.41) is 13.2. The van der Waals surface area contributed by atoms with Gasteiger partial charge >= 0.3 is 5.97 Å². The molecule has 0 amide bonds. The van der Waals surface area contributed by atoms with Crippen LogP contribution in [0.25, 0.3) is 0 Å². The number of para-hydroxylation sites is 1. The lowest BCUT2D eigenvalue weighted by Crippen LogP contribution is -2.09. The lowest BCUT2D eigenvalue weighted by atomic mass is 10.1. The van der Waals surface area contributed by atoms with Crippen molar-refractivity contribution >= 4 is 23.0 Å². The molecule has 0 fully saturated rings. The minimum absolute atomic E-state index is 0.0830. The number of non-ortho nitro benzene ring substituents is 1. The monoisotopic (exact) mass is 308 g/mol. The summed E-state index contributed by atoms with van der Waals surface area (Å²) in [6.45, 7) is 0. The first kappa shape index (κ1) is 15.4. The van der Waals surface area contributed by atoms with Crippen molar-refractivity contribution in [2.75, 3.05) is 12.4 Å². The normalized spacial score (nSPS) is 10.1. The van der Waals surface area contributed by atoms with Crippen molar-refractivity contribution in [2.24, 2.45) is 0 Å². The Labute approximate surface area is 123 Å². The van der Waals surface area contributed by atoms with E-state index in [2.05, 4.69) is 10.1 Å². The summed E-state index contributed by atoms with van der Waals surface area (Å²) < 4.78 is 32.2. The van der Waals surface area contributed by atoms with Crippen LogP contribution in [-0.2, 0) is 4.74 Å². The standard InChI is InChI=1S/C14H10F2N2O4/c1-22-14(19)9-6-8(18(20)21)7-11(16)13(9)17-12-5-3-2-4-10(12)15/h2-7,17H,1H3. The molecule has 0 aliphatic heterocycles. The van der Waals surface area contributed by atoms with Crippen LogP contribution in [0, 0.1) is 21.7 Å². The van der Waals surface area contributed by atoms with Gasteiger partial charge in [0.1, 0.15) is 5.82 Å². The van der Waals surface area contributed by atoms with Crippen molar-refractivity contribution in [1.82, 2.24) is 0 Å². The molecule has 1 N–H and O–H groups in total. The van der Waals surface area contributed by atoms with E-state index in [1.165, 1.54) is 18.2 Å². The zero-order valence-electron chi connectivity index (χ0n) is 11.3. The zero-order valence-corrected chi connectivity index (χ0v) is 11.3. The summed E-state index contributed by atoms with van der Waals surface area (Å²) in [6, 6.07) is 6.91. The van der Waals surface area contributed by atoms with Crippen molar-refractivity contribution in [3.05, 3.63) is 63.7 Å². The maximum Gasteiger partial charge on any atom is 0.340 e. The second-order valence-electron chi connectivity index (χ2n) is 4.20. The predicted molar refractivity (Wildman–Crippen MR) is 74.1 cm³/mol. The van der Waals surface area contributed by atoms with Crippen LogP contribution in [0.2, 0.25) is 0 Å². The third-order valence-electron chi connectivity index (χ3n) is 2.82. The maximum atomic E-state index is 14.1. The van der Waals surface area contributed by atoms with Gasteiger partial charge in [0.25, 0.3) is 5.69 Å². The number of benzene rings is 2. The number of nitro groups is 1. The van der Waals surface area contributed by atoms with E-state index in [0.29, 0.717) is 6.07 Å². The Morgan fingerprint density at radius 1 is 1.23 bits per heavy atom. The van der Waals surface area contributed by atoms with E-state index in [4.69, 9.17) is 0 Å². The molecule has 2 aromatic carbocycles. The van der Waals surface area contributed by atoms with E-state index in [1.54, 1.807) is 0 Å². The van der Waals surface area contributed by atoms with E-state index in [1.807, 2.05) is 0 Å². The number of nitro benzene ring substituents is 1. The average Bonchev–Trinajstić information content (AvgIpc) is 2.50. The van der Waals surface area contributed by atoms with E-state index in [9.17, 15) is 23.7 Å². The third kappa shape index (κ3) is 3.00. The fourth-order valence-corrected chi connectivity index (χ4v) is 1.79. The molecule has 22 heavy (non-hydrogen) atoms. The molecule has 0 aromatic heterocycles. The van der Waals surface area contributed by atoms with Crippen LogP contribution >= 0.6 is 0 Å². The highest BCUT2D eigenvalue weighted by Gasteiger charge is 2.22. The van der Waals surface area contributed by atoms with Crippen LogP contribution in [0.1, 0.15) is 10.4 Å². The number of rotatable bonds is 4. The van der Waals surface area contributed by atoms with Crippen LogP contribution in [0.5, 0.6) is 0 Å². The largest absolute Gasteiger partial charge is 0.465 e. The summed E-state index contributed by atoms with van der Waals surface area (Å²) in [7, 11) is 1.05. The molecule has 0 aliphatic carbocycles. The molecule has 114 valence electrons. The number of nitrogens with zero attached hydrogens (tertiary/aromatic N) is 1. The molecule has 0 heterocycles. The maximum absolute atomic E-state index is 14.1. The quantitative estimate of drug-likeness (QED) is 0.532. The van der Waals surface area contributed by atoms with Gasteiger partial charge in [-0.3, -0.25) is 10.1 Å². The van der Waals surface area contributed by atoms with Gasteiger partial charge < -0.3 is 10.1 Å². The zero-order chi connectivity index (χ0) is 16.3. The molecule has 2 aromatic rings. The van der Waals surface area contributed by atoms with E-state index >= 15 is 0 Å². The van der Waals surface area contributed by atoms with Crippen LogP contribution < -0.4 is 5.32 Å². The number of hydrogen-bond donors (Lipinski definition) is 1. The van der Waals surface area contributed by atoms with E-state index < -0.39 is 39.5 Å². The first-order chi connectivity index (χ1) is 10.4. The Hall–Kier alpha value is -3.03. The second kappa shape index (κ2) is 6.17. The van der Waals surface area contributed by atoms with Crippen molar-refractivity contribution in [3.63, 3.8) is 0 Å². The number of methoxy groups -OCH3 is 1. The molecule has 0 atom stereocenters. The lowest BCUT2D eigenvalue weighted by Gasteiger charge is -2.12. The van der Waals surface area contributed by atoms with Gasteiger partial charge in [-0.2, -0.15) is 0 Å². The molecule has 0 saturated carbocycles. The Morgan fingerprint density at radius 2 is 1.91 bits per heavy atom. The number of hydrogen-bond acceptors (Lipinski definition) is 5. The van der Waals surface area contributed by atoms with Crippen molar-refractivity contribution in [3.8, 4) is 0 Å². The van der Waals surface area contributed by atoms with Gasteiger partial charge in [0, 0.05) is 6.07 Å². The highest BCUT2D eigenvalue weighted by atomic mass is 19.1. The van der Waals surface area contributed by atoms with Crippen LogP contribution in [0.3, 0.4) is 0 Å². The number of esters is 1. The van der Waals surface area contributed by atoms with Gasteiger partial charge in [0.15, 0.2) is 5.82 Å². The summed E-state index contributed by atoms with van der Waals surface area (Å²) in [4.78, 5) is 21.6. The van der Waals surface area contributed by atoms with Gasteiger partial charge in [0.05, 0.1) is 35.0 Å². The minimum atomic E-state index is -1.07. The molecule has 0 aliphatic rings. The molecule has 0 saturated heterocycles. The van der Waals surface area contributed by atoms with Gasteiger partial charge in [-0.15, -0.1) is 0 Å². The Balaban J connectivity index is 2.56. The summed E-state index contributed by atoms with van der Waals surface area (Å²) in [5.41, 5.74) is -1.50. The highest BCUT2D eigenvalue weighted by molar-refractivity contribution is 5.97. The van der Waals surface area contributed by atoms with Gasteiger partial charge in [-0.25, -0.2) is 13.6 Å². The number of carbonyl (C=O) groups excluding carboxylic acids is 1. The molecule has 6 nitrogen and oxygen atoms in total. The van der Waals surface area contributed by atoms with Crippen LogP contribution in [0.4, 0.5) is 25.8 Å². The number of halogens is 2. The molecule has 0 spiro atoms. The van der Waals surface area contributed by atoms with Crippen molar-refractivity contribution < 1.29 is 23.2 Å². The molecule has 2 rings (SSSR count). The fourth-order valence-electron chi connectivity index (χ4n) is 1.79. The fraction of sp³-hybridized carbons (Fsp3) is 0.0714. The lowest BCUT2D eigenvalue weighted by molar-refractivity contribution is -0.385. The van der Waals surface area contributed by atoms with Gasteiger partial charge in [0.2, 0.25) is 0 Å². The van der Waals surface area contributed by atoms with Gasteiger partial charge in [-0.1, -0.05) is 12.1 Å². The first-order valence-electron chi connectivity index (χ1n) is 6.02. The van der Waals surface area contributed by atoms with E-state index in [0.717, 1.165) is 19.2 Å². The summed E-state index contributed by atoms with van der Waals surface area (Å²) in [5.74, 6) is -2.73. The Bertz CT molecular complexity index is 750. The first-order valence-corrected chi connectivity index (χ1v) is 6.02. The summed E-state index contributed by atoms with van der Waals surface area (Å²) >= 11 is 0. The van der Waals surface area contributed by atoms with Crippen LogP contribution in [0.15, 0.2) is 36.4 Å². The van der Waals surface area contributed by atoms with Crippen molar-refractivity contribution in [1.29, 1.82) is 0 Å². The van der Waals surface area contributed by atoms with Gasteiger partial charge in [-0.05, 0) is 12.1 Å². The summed E-state index contributed by atoms with van der Waals surface area (Å²) in [6.07, 6.45) is 0. The average molecular weight is 308 g/mol. The predicted octanol–water partition coefficient (Wildman–Crippen LogP) is 3.40.